The van der Waals surface area contributed by atoms with Crippen molar-refractivity contribution in [1.82, 2.24) is 9.97 Å². The largest absolute Gasteiger partial charge is 0.361 e. The zero-order chi connectivity index (χ0) is 21.3. The molecule has 0 saturated heterocycles. The second kappa shape index (κ2) is 8.95. The van der Waals surface area contributed by atoms with Gasteiger partial charge in [0.25, 0.3) is 0 Å². The first-order valence-electron chi connectivity index (χ1n) is 10.7. The van der Waals surface area contributed by atoms with Gasteiger partial charge in [0.2, 0.25) is 0 Å². The van der Waals surface area contributed by atoms with E-state index in [1.807, 2.05) is 12.1 Å². The highest BCUT2D eigenvalue weighted by Gasteiger charge is 2.32. The Hall–Kier alpha value is -2.10. The summed E-state index contributed by atoms with van der Waals surface area (Å²) in [5.41, 5.74) is 6.46. The van der Waals surface area contributed by atoms with Gasteiger partial charge in [-0.1, -0.05) is 74.7 Å². The summed E-state index contributed by atoms with van der Waals surface area (Å²) in [6.07, 6.45) is 3.81. The number of benzene rings is 2. The molecule has 0 aliphatic heterocycles. The second-order valence-corrected chi connectivity index (χ2v) is 8.68. The number of nitrogens with one attached hydrogen (secondary N) is 1. The summed E-state index contributed by atoms with van der Waals surface area (Å²) in [4.78, 5) is 10.1. The molecular formula is C25H27Cl2N3. The van der Waals surface area contributed by atoms with E-state index in [4.69, 9.17) is 33.2 Å². The van der Waals surface area contributed by atoms with Gasteiger partial charge in [-0.2, -0.15) is 0 Å². The van der Waals surface area contributed by atoms with E-state index in [9.17, 15) is 0 Å². The van der Waals surface area contributed by atoms with Crippen molar-refractivity contribution < 1.29 is 0 Å². The average molecular weight is 440 g/mol. The molecule has 1 aliphatic carbocycles. The molecule has 0 saturated carbocycles. The van der Waals surface area contributed by atoms with Gasteiger partial charge in [-0.25, -0.2) is 9.97 Å². The highest BCUT2D eigenvalue weighted by Crippen LogP contribution is 2.41. The lowest BCUT2D eigenvalue weighted by molar-refractivity contribution is 0.474. The van der Waals surface area contributed by atoms with Crippen LogP contribution in [-0.2, 0) is 19.3 Å². The number of aromatic nitrogens is 2. The van der Waals surface area contributed by atoms with E-state index in [2.05, 4.69) is 50.4 Å². The summed E-state index contributed by atoms with van der Waals surface area (Å²) < 4.78 is 0. The first-order valence-corrected chi connectivity index (χ1v) is 11.5. The Morgan fingerprint density at radius 2 is 1.73 bits per heavy atom. The van der Waals surface area contributed by atoms with Crippen LogP contribution in [0.5, 0.6) is 0 Å². The van der Waals surface area contributed by atoms with E-state index in [-0.39, 0.29) is 6.04 Å². The standard InChI is InChI=1S/C25H27Cl2N3/c1-4-15-13-16-9-7-8-10-18(16)23(15)30-25-22(6-3)28-24(21(5-2)29-25)19-12-11-17(26)14-20(19)27/h7-12,14-15,23H,4-6,13H2,1-3H3,(H,29,30)/t15-,23-/m0/s1. The molecule has 0 radical (unpaired) electrons. The Bertz CT molecular complexity index is 1060. The van der Waals surface area contributed by atoms with E-state index < -0.39 is 0 Å². The van der Waals surface area contributed by atoms with Gasteiger partial charge in [-0.05, 0) is 54.5 Å². The number of hydrogen-bond donors (Lipinski definition) is 1. The third kappa shape index (κ3) is 3.93. The van der Waals surface area contributed by atoms with E-state index in [1.54, 1.807) is 6.07 Å². The van der Waals surface area contributed by atoms with E-state index in [0.717, 1.165) is 54.1 Å². The zero-order valence-corrected chi connectivity index (χ0v) is 19.2. The Morgan fingerprint density at radius 3 is 2.43 bits per heavy atom. The minimum Gasteiger partial charge on any atom is -0.361 e. The third-order valence-electron chi connectivity index (χ3n) is 6.06. The predicted octanol–water partition coefficient (Wildman–Crippen LogP) is 7.31. The van der Waals surface area contributed by atoms with Crippen molar-refractivity contribution in [2.24, 2.45) is 5.92 Å². The van der Waals surface area contributed by atoms with Crippen molar-refractivity contribution in [1.29, 1.82) is 0 Å². The lowest BCUT2D eigenvalue weighted by Crippen LogP contribution is -2.19. The molecule has 0 bridgehead atoms. The Morgan fingerprint density at radius 1 is 0.967 bits per heavy atom. The number of fused-ring (bicyclic) bond motifs is 1. The maximum absolute atomic E-state index is 6.49. The molecule has 1 N–H and O–H groups in total. The van der Waals surface area contributed by atoms with Gasteiger partial charge >= 0.3 is 0 Å². The monoisotopic (exact) mass is 439 g/mol. The summed E-state index contributed by atoms with van der Waals surface area (Å²) >= 11 is 12.6. The van der Waals surface area contributed by atoms with Crippen LogP contribution in [0.2, 0.25) is 10.0 Å². The minimum absolute atomic E-state index is 0.264. The first kappa shape index (κ1) is 21.1. The van der Waals surface area contributed by atoms with E-state index >= 15 is 0 Å². The van der Waals surface area contributed by atoms with E-state index in [1.165, 1.54) is 11.1 Å². The number of rotatable bonds is 6. The highest BCUT2D eigenvalue weighted by atomic mass is 35.5. The van der Waals surface area contributed by atoms with Crippen molar-refractivity contribution in [3.05, 3.63) is 75.0 Å². The van der Waals surface area contributed by atoms with Crippen LogP contribution in [0, 0.1) is 5.92 Å². The number of aryl methyl sites for hydroxylation is 2. The highest BCUT2D eigenvalue weighted by molar-refractivity contribution is 6.36. The van der Waals surface area contributed by atoms with Crippen LogP contribution in [-0.4, -0.2) is 9.97 Å². The van der Waals surface area contributed by atoms with Gasteiger partial charge in [0.05, 0.1) is 28.1 Å². The second-order valence-electron chi connectivity index (χ2n) is 7.84. The SMILES string of the molecule is CCc1nc(-c2ccc(Cl)cc2Cl)c(CC)nc1N[C@@H]1c2ccccc2C[C@@H]1CC. The molecule has 1 aliphatic rings. The van der Waals surface area contributed by atoms with Crippen LogP contribution in [0.3, 0.4) is 0 Å². The Labute approximate surface area is 188 Å². The van der Waals surface area contributed by atoms with Crippen molar-refractivity contribution in [2.75, 3.05) is 5.32 Å². The van der Waals surface area contributed by atoms with Gasteiger partial charge in [0, 0.05) is 10.6 Å². The van der Waals surface area contributed by atoms with Crippen LogP contribution >= 0.6 is 23.2 Å². The molecule has 1 aromatic heterocycles. The van der Waals surface area contributed by atoms with Crippen LogP contribution in [0.15, 0.2) is 42.5 Å². The molecule has 2 atom stereocenters. The number of anilines is 1. The Balaban J connectivity index is 1.76. The van der Waals surface area contributed by atoms with Crippen LogP contribution < -0.4 is 5.32 Å². The fourth-order valence-electron chi connectivity index (χ4n) is 4.41. The molecule has 4 rings (SSSR count). The number of hydrogen-bond acceptors (Lipinski definition) is 3. The minimum atomic E-state index is 0.264. The van der Waals surface area contributed by atoms with Crippen LogP contribution in [0.25, 0.3) is 11.3 Å². The molecule has 0 amide bonds. The summed E-state index contributed by atoms with van der Waals surface area (Å²) in [5.74, 6) is 1.45. The molecule has 5 heteroatoms. The predicted molar refractivity (Wildman–Crippen MR) is 127 cm³/mol. The smallest absolute Gasteiger partial charge is 0.148 e. The number of halogens is 2. The van der Waals surface area contributed by atoms with Gasteiger partial charge < -0.3 is 5.32 Å². The normalized spacial score (nSPS) is 17.8. The first-order chi connectivity index (χ1) is 14.5. The van der Waals surface area contributed by atoms with Crippen molar-refractivity contribution >= 4 is 29.0 Å². The molecule has 0 spiro atoms. The van der Waals surface area contributed by atoms with Crippen molar-refractivity contribution in [3.63, 3.8) is 0 Å². The summed E-state index contributed by atoms with van der Waals surface area (Å²) in [5, 5.41) is 4.99. The lowest BCUT2D eigenvalue weighted by Gasteiger charge is -2.24. The fourth-order valence-corrected chi connectivity index (χ4v) is 4.91. The summed E-state index contributed by atoms with van der Waals surface area (Å²) in [6.45, 7) is 6.49. The topological polar surface area (TPSA) is 37.8 Å². The third-order valence-corrected chi connectivity index (χ3v) is 6.60. The maximum Gasteiger partial charge on any atom is 0.148 e. The molecule has 0 fully saturated rings. The zero-order valence-electron chi connectivity index (χ0n) is 17.7. The van der Waals surface area contributed by atoms with Gasteiger partial charge in [0.1, 0.15) is 5.82 Å². The Kier molecular flexibility index (Phi) is 6.31. The van der Waals surface area contributed by atoms with Crippen molar-refractivity contribution in [2.45, 2.75) is 52.5 Å². The molecule has 3 nitrogen and oxygen atoms in total. The molecule has 2 aromatic carbocycles. The van der Waals surface area contributed by atoms with Crippen LogP contribution in [0.1, 0.15) is 55.7 Å². The fraction of sp³-hybridized carbons (Fsp3) is 0.360. The number of nitrogens with zero attached hydrogens (tertiary/aromatic N) is 2. The summed E-state index contributed by atoms with van der Waals surface area (Å²) in [6, 6.07) is 14.5. The quantitative estimate of drug-likeness (QED) is 0.437. The van der Waals surface area contributed by atoms with Gasteiger partial charge in [0.15, 0.2) is 0 Å². The molecular weight excluding hydrogens is 413 g/mol. The lowest BCUT2D eigenvalue weighted by atomic mass is 9.97. The van der Waals surface area contributed by atoms with Crippen LogP contribution in [0.4, 0.5) is 5.82 Å². The average Bonchev–Trinajstić information content (AvgIpc) is 3.11. The molecule has 0 unspecified atom stereocenters. The van der Waals surface area contributed by atoms with Gasteiger partial charge in [-0.3, -0.25) is 0 Å². The molecule has 3 aromatic rings. The maximum atomic E-state index is 6.49. The molecule has 1 heterocycles. The van der Waals surface area contributed by atoms with Gasteiger partial charge in [-0.15, -0.1) is 0 Å². The molecule has 156 valence electrons. The summed E-state index contributed by atoms with van der Waals surface area (Å²) in [7, 11) is 0. The van der Waals surface area contributed by atoms with Crippen molar-refractivity contribution in [3.8, 4) is 11.3 Å². The van der Waals surface area contributed by atoms with E-state index in [0.29, 0.717) is 16.0 Å². The molecule has 30 heavy (non-hydrogen) atoms.